The fourth-order valence-electron chi connectivity index (χ4n) is 2.18. The number of fused-ring (bicyclic) bond motifs is 1. The van der Waals surface area contributed by atoms with E-state index in [-0.39, 0.29) is 5.82 Å². The molecule has 4 heteroatoms. The van der Waals surface area contributed by atoms with Gasteiger partial charge in [0, 0.05) is 23.2 Å². The summed E-state index contributed by atoms with van der Waals surface area (Å²) in [4.78, 5) is 0. The molecule has 0 aliphatic heterocycles. The molecule has 0 amide bonds. The third-order valence-corrected chi connectivity index (χ3v) is 3.75. The fraction of sp³-hybridized carbons (Fsp3) is 0.0667. The molecule has 0 aliphatic rings. The molecule has 0 atom stereocenters. The van der Waals surface area contributed by atoms with Crippen molar-refractivity contribution in [2.75, 3.05) is 0 Å². The molecule has 0 N–H and O–H groups in total. The molecule has 0 radical (unpaired) electrons. The molecule has 96 valence electrons. The Balaban J connectivity index is 2.06. The number of aromatic nitrogens is 1. The van der Waals surface area contributed by atoms with Gasteiger partial charge < -0.3 is 4.57 Å². The molecule has 0 aliphatic carbocycles. The normalized spacial score (nSPS) is 11.1. The predicted molar refractivity (Wildman–Crippen MR) is 77.5 cm³/mol. The summed E-state index contributed by atoms with van der Waals surface area (Å²) in [6, 6.07) is 12.2. The van der Waals surface area contributed by atoms with E-state index in [4.69, 9.17) is 23.2 Å². The van der Waals surface area contributed by atoms with Gasteiger partial charge in [-0.2, -0.15) is 0 Å². The smallest absolute Gasteiger partial charge is 0.124 e. The van der Waals surface area contributed by atoms with Crippen molar-refractivity contribution >= 4 is 34.1 Å². The molecule has 1 aromatic heterocycles. The lowest BCUT2D eigenvalue weighted by Crippen LogP contribution is -1.99. The van der Waals surface area contributed by atoms with Crippen molar-refractivity contribution in [3.05, 3.63) is 70.1 Å². The first kappa shape index (κ1) is 12.5. The molecule has 1 nitrogen and oxygen atoms in total. The second-order valence-electron chi connectivity index (χ2n) is 4.36. The maximum Gasteiger partial charge on any atom is 0.124 e. The Bertz CT molecular complexity index is 749. The summed E-state index contributed by atoms with van der Waals surface area (Å²) in [5, 5.41) is 2.19. The summed E-state index contributed by atoms with van der Waals surface area (Å²) in [5.41, 5.74) is 1.82. The first-order chi connectivity index (χ1) is 9.15. The maximum absolute atomic E-state index is 13.0. The predicted octanol–water partition coefficient (Wildman–Crippen LogP) is 5.14. The van der Waals surface area contributed by atoms with Gasteiger partial charge in [0.2, 0.25) is 0 Å². The minimum Gasteiger partial charge on any atom is -0.342 e. The lowest BCUT2D eigenvalue weighted by Gasteiger charge is -2.08. The summed E-state index contributed by atoms with van der Waals surface area (Å²) in [6.45, 7) is 0.562. The van der Waals surface area contributed by atoms with Gasteiger partial charge in [-0.15, -0.1) is 0 Å². The minimum atomic E-state index is -0.329. The molecule has 0 unspecified atom stereocenters. The SMILES string of the molecule is Fc1ccc(Cn2ccc3cccc(Cl)c32)c(Cl)c1. The first-order valence-electron chi connectivity index (χ1n) is 5.82. The molecule has 1 heterocycles. The number of hydrogen-bond acceptors (Lipinski definition) is 0. The highest BCUT2D eigenvalue weighted by Crippen LogP contribution is 2.26. The van der Waals surface area contributed by atoms with Gasteiger partial charge in [-0.1, -0.05) is 41.4 Å². The Kier molecular flexibility index (Phi) is 3.21. The molecule has 3 aromatic rings. The van der Waals surface area contributed by atoms with Crippen LogP contribution in [0.2, 0.25) is 10.0 Å². The van der Waals surface area contributed by atoms with Crippen LogP contribution < -0.4 is 0 Å². The van der Waals surface area contributed by atoms with Gasteiger partial charge in [-0.3, -0.25) is 0 Å². The number of rotatable bonds is 2. The standard InChI is InChI=1S/C15H10Cl2FN/c16-13-3-1-2-10-6-7-19(15(10)13)9-11-4-5-12(18)8-14(11)17/h1-8H,9H2. The second-order valence-corrected chi connectivity index (χ2v) is 5.17. The highest BCUT2D eigenvalue weighted by Gasteiger charge is 2.08. The maximum atomic E-state index is 13.0. The van der Waals surface area contributed by atoms with Gasteiger partial charge in [0.05, 0.1) is 10.5 Å². The molecule has 2 aromatic carbocycles. The van der Waals surface area contributed by atoms with E-state index in [1.807, 2.05) is 35.0 Å². The Morgan fingerprint density at radius 3 is 2.63 bits per heavy atom. The van der Waals surface area contributed by atoms with E-state index in [0.717, 1.165) is 16.5 Å². The Morgan fingerprint density at radius 2 is 1.84 bits per heavy atom. The summed E-state index contributed by atoms with van der Waals surface area (Å²) in [6.07, 6.45) is 1.95. The average Bonchev–Trinajstić information content (AvgIpc) is 2.77. The molecule has 19 heavy (non-hydrogen) atoms. The van der Waals surface area contributed by atoms with E-state index in [9.17, 15) is 4.39 Å². The summed E-state index contributed by atoms with van der Waals surface area (Å²) in [7, 11) is 0. The monoisotopic (exact) mass is 293 g/mol. The highest BCUT2D eigenvalue weighted by atomic mass is 35.5. The van der Waals surface area contributed by atoms with Crippen LogP contribution in [0.5, 0.6) is 0 Å². The molecule has 0 bridgehead atoms. The van der Waals surface area contributed by atoms with Gasteiger partial charge in [-0.25, -0.2) is 4.39 Å². The van der Waals surface area contributed by atoms with Gasteiger partial charge in [0.15, 0.2) is 0 Å². The molecular formula is C15H10Cl2FN. The van der Waals surface area contributed by atoms with Crippen molar-refractivity contribution in [3.8, 4) is 0 Å². The van der Waals surface area contributed by atoms with Crippen molar-refractivity contribution < 1.29 is 4.39 Å². The van der Waals surface area contributed by atoms with Crippen molar-refractivity contribution in [1.82, 2.24) is 4.57 Å². The zero-order valence-corrected chi connectivity index (χ0v) is 11.4. The van der Waals surface area contributed by atoms with E-state index < -0.39 is 0 Å². The van der Waals surface area contributed by atoms with Gasteiger partial charge >= 0.3 is 0 Å². The van der Waals surface area contributed by atoms with E-state index in [1.54, 1.807) is 6.07 Å². The van der Waals surface area contributed by atoms with Crippen LogP contribution in [0.25, 0.3) is 10.9 Å². The Hall–Kier alpha value is -1.51. The largest absolute Gasteiger partial charge is 0.342 e. The quantitative estimate of drug-likeness (QED) is 0.617. The topological polar surface area (TPSA) is 4.93 Å². The molecule has 3 rings (SSSR count). The number of benzene rings is 2. The van der Waals surface area contributed by atoms with Crippen LogP contribution in [0.1, 0.15) is 5.56 Å². The van der Waals surface area contributed by atoms with Crippen LogP contribution in [-0.4, -0.2) is 4.57 Å². The Labute approximate surface area is 120 Å². The number of nitrogens with zero attached hydrogens (tertiary/aromatic N) is 1. The average molecular weight is 294 g/mol. The number of halogens is 3. The van der Waals surface area contributed by atoms with Crippen LogP contribution in [0.4, 0.5) is 4.39 Å². The highest BCUT2D eigenvalue weighted by molar-refractivity contribution is 6.35. The van der Waals surface area contributed by atoms with Crippen LogP contribution in [0.3, 0.4) is 0 Å². The molecule has 0 saturated carbocycles. The van der Waals surface area contributed by atoms with Crippen LogP contribution >= 0.6 is 23.2 Å². The summed E-state index contributed by atoms with van der Waals surface area (Å²) in [5.74, 6) is -0.329. The minimum absolute atomic E-state index is 0.329. The first-order valence-corrected chi connectivity index (χ1v) is 6.58. The second kappa shape index (κ2) is 4.87. The third kappa shape index (κ3) is 2.34. The van der Waals surface area contributed by atoms with Crippen molar-refractivity contribution in [2.45, 2.75) is 6.54 Å². The van der Waals surface area contributed by atoms with Crippen LogP contribution in [-0.2, 0) is 6.54 Å². The van der Waals surface area contributed by atoms with Crippen molar-refractivity contribution in [1.29, 1.82) is 0 Å². The fourth-order valence-corrected chi connectivity index (χ4v) is 2.70. The van der Waals surface area contributed by atoms with Gasteiger partial charge in [0.25, 0.3) is 0 Å². The number of hydrogen-bond donors (Lipinski definition) is 0. The molecule has 0 spiro atoms. The zero-order chi connectivity index (χ0) is 13.4. The lowest BCUT2D eigenvalue weighted by molar-refractivity contribution is 0.626. The Morgan fingerprint density at radius 1 is 1.00 bits per heavy atom. The van der Waals surface area contributed by atoms with E-state index in [1.165, 1.54) is 12.1 Å². The molecule has 0 saturated heterocycles. The van der Waals surface area contributed by atoms with E-state index >= 15 is 0 Å². The summed E-state index contributed by atoms with van der Waals surface area (Å²) >= 11 is 12.3. The zero-order valence-electron chi connectivity index (χ0n) is 9.91. The van der Waals surface area contributed by atoms with E-state index in [0.29, 0.717) is 16.6 Å². The van der Waals surface area contributed by atoms with Crippen LogP contribution in [0.15, 0.2) is 48.7 Å². The van der Waals surface area contributed by atoms with Crippen molar-refractivity contribution in [2.24, 2.45) is 0 Å². The van der Waals surface area contributed by atoms with Crippen molar-refractivity contribution in [3.63, 3.8) is 0 Å². The summed E-state index contributed by atoms with van der Waals surface area (Å²) < 4.78 is 15.0. The third-order valence-electron chi connectivity index (χ3n) is 3.10. The van der Waals surface area contributed by atoms with Crippen LogP contribution in [0, 0.1) is 5.82 Å². The van der Waals surface area contributed by atoms with Gasteiger partial charge in [0.1, 0.15) is 5.82 Å². The van der Waals surface area contributed by atoms with Gasteiger partial charge in [-0.05, 0) is 29.8 Å². The molecule has 0 fully saturated rings. The lowest BCUT2D eigenvalue weighted by atomic mass is 10.2. The number of para-hydroxylation sites is 1. The van der Waals surface area contributed by atoms with E-state index in [2.05, 4.69) is 0 Å². The molecular weight excluding hydrogens is 284 g/mol.